The Kier molecular flexibility index (Phi) is 7.28. The summed E-state index contributed by atoms with van der Waals surface area (Å²) in [7, 11) is 0. The number of carbonyl (C=O) groups is 2. The van der Waals surface area contributed by atoms with Gasteiger partial charge in [0.25, 0.3) is 0 Å². The molecule has 0 saturated carbocycles. The normalized spacial score (nSPS) is 11.6. The molecule has 2 amide bonds. The van der Waals surface area contributed by atoms with Crippen molar-refractivity contribution in [3.05, 3.63) is 64.9 Å². The molecule has 132 valence electrons. The van der Waals surface area contributed by atoms with E-state index >= 15 is 0 Å². The fourth-order valence-electron chi connectivity index (χ4n) is 2.17. The predicted molar refractivity (Wildman–Crippen MR) is 100 cm³/mol. The first-order chi connectivity index (χ1) is 12.0. The number of carbonyl (C=O) groups excluding carboxylic acids is 2. The highest BCUT2D eigenvalue weighted by molar-refractivity contribution is 8.00. The van der Waals surface area contributed by atoms with Gasteiger partial charge in [-0.25, -0.2) is 4.39 Å². The average molecular weight is 381 g/mol. The van der Waals surface area contributed by atoms with Crippen LogP contribution in [0, 0.1) is 5.82 Å². The molecule has 7 heteroatoms. The summed E-state index contributed by atoms with van der Waals surface area (Å²) in [6.45, 7) is 1.84. The number of thioether (sulfide) groups is 1. The molecule has 2 N–H and O–H groups in total. The molecule has 1 unspecified atom stereocenters. The third-order valence-electron chi connectivity index (χ3n) is 3.36. The van der Waals surface area contributed by atoms with Gasteiger partial charge in [0.2, 0.25) is 11.8 Å². The molecular formula is C18H18ClFN2O2S. The number of amides is 2. The van der Waals surface area contributed by atoms with E-state index < -0.39 is 5.82 Å². The van der Waals surface area contributed by atoms with Crippen LogP contribution in [0.15, 0.2) is 48.5 Å². The Morgan fingerprint density at radius 2 is 1.72 bits per heavy atom. The summed E-state index contributed by atoms with van der Waals surface area (Å²) >= 11 is 7.25. The van der Waals surface area contributed by atoms with Crippen LogP contribution < -0.4 is 10.6 Å². The lowest BCUT2D eigenvalue weighted by Crippen LogP contribution is -2.29. The number of hydrogen-bond donors (Lipinski definition) is 2. The lowest BCUT2D eigenvalue weighted by molar-refractivity contribution is -0.119. The van der Waals surface area contributed by atoms with Gasteiger partial charge in [0.15, 0.2) is 0 Å². The van der Waals surface area contributed by atoms with Crippen LogP contribution in [0.2, 0.25) is 5.02 Å². The Bertz CT molecular complexity index is 757. The summed E-state index contributed by atoms with van der Waals surface area (Å²) in [5, 5.41) is 5.90. The molecule has 25 heavy (non-hydrogen) atoms. The third-order valence-corrected chi connectivity index (χ3v) is 4.64. The average Bonchev–Trinajstić information content (AvgIpc) is 2.57. The molecule has 4 nitrogen and oxygen atoms in total. The minimum Gasteiger partial charge on any atom is -0.349 e. The fraction of sp³-hybridized carbons (Fsp3) is 0.222. The Balaban J connectivity index is 1.74. The zero-order valence-corrected chi connectivity index (χ0v) is 15.2. The van der Waals surface area contributed by atoms with Crippen LogP contribution in [-0.4, -0.2) is 23.3 Å². The molecule has 1 atom stereocenters. The van der Waals surface area contributed by atoms with Crippen LogP contribution in [0.25, 0.3) is 0 Å². The van der Waals surface area contributed by atoms with Crippen molar-refractivity contribution in [3.8, 4) is 0 Å². The minimum atomic E-state index is -0.493. The quantitative estimate of drug-likeness (QED) is 0.762. The molecule has 0 aliphatic rings. The maximum Gasteiger partial charge on any atom is 0.234 e. The molecule has 0 heterocycles. The lowest BCUT2D eigenvalue weighted by atomic mass is 10.1. The maximum atomic E-state index is 13.4. The van der Waals surface area contributed by atoms with Crippen molar-refractivity contribution in [2.45, 2.75) is 13.0 Å². The van der Waals surface area contributed by atoms with Crippen LogP contribution in [0.4, 0.5) is 10.1 Å². The monoisotopic (exact) mass is 380 g/mol. The van der Waals surface area contributed by atoms with E-state index in [4.69, 9.17) is 11.6 Å². The minimum absolute atomic E-state index is 0.0578. The van der Waals surface area contributed by atoms with Crippen molar-refractivity contribution in [1.29, 1.82) is 0 Å². The number of hydrogen-bond acceptors (Lipinski definition) is 3. The van der Waals surface area contributed by atoms with Crippen molar-refractivity contribution in [1.82, 2.24) is 5.32 Å². The summed E-state index contributed by atoms with van der Waals surface area (Å²) in [4.78, 5) is 23.8. The Morgan fingerprint density at radius 3 is 2.44 bits per heavy atom. The van der Waals surface area contributed by atoms with Gasteiger partial charge in [-0.3, -0.25) is 9.59 Å². The van der Waals surface area contributed by atoms with E-state index in [2.05, 4.69) is 10.6 Å². The van der Waals surface area contributed by atoms with E-state index in [9.17, 15) is 14.0 Å². The van der Waals surface area contributed by atoms with Crippen molar-refractivity contribution in [3.63, 3.8) is 0 Å². The molecule has 2 aromatic rings. The standard InChI is InChI=1S/C18H18ClFN2O2S/c1-12(13-6-2-3-7-14(13)19)21-17(23)10-25-11-18(24)22-16-9-5-4-8-15(16)20/h2-9,12H,10-11H2,1H3,(H,21,23)(H,22,24). The van der Waals surface area contributed by atoms with Gasteiger partial charge in [0.1, 0.15) is 5.82 Å². The maximum absolute atomic E-state index is 13.4. The van der Waals surface area contributed by atoms with E-state index in [0.29, 0.717) is 5.02 Å². The highest BCUT2D eigenvalue weighted by atomic mass is 35.5. The lowest BCUT2D eigenvalue weighted by Gasteiger charge is -2.15. The largest absolute Gasteiger partial charge is 0.349 e. The van der Waals surface area contributed by atoms with E-state index in [-0.39, 0.29) is 35.0 Å². The third kappa shape index (κ3) is 6.07. The first kappa shape index (κ1) is 19.3. The van der Waals surface area contributed by atoms with E-state index in [1.165, 1.54) is 12.1 Å². The zero-order chi connectivity index (χ0) is 18.2. The van der Waals surface area contributed by atoms with Crippen molar-refractivity contribution < 1.29 is 14.0 Å². The molecule has 0 spiro atoms. The van der Waals surface area contributed by atoms with E-state index in [1.807, 2.05) is 25.1 Å². The highest BCUT2D eigenvalue weighted by Crippen LogP contribution is 2.22. The molecule has 0 saturated heterocycles. The number of para-hydroxylation sites is 1. The van der Waals surface area contributed by atoms with Gasteiger partial charge in [-0.1, -0.05) is 41.9 Å². The molecule has 0 bridgehead atoms. The van der Waals surface area contributed by atoms with Crippen molar-refractivity contribution in [2.75, 3.05) is 16.8 Å². The smallest absolute Gasteiger partial charge is 0.234 e. The van der Waals surface area contributed by atoms with Gasteiger partial charge < -0.3 is 10.6 Å². The highest BCUT2D eigenvalue weighted by Gasteiger charge is 2.13. The molecule has 0 aliphatic carbocycles. The second kappa shape index (κ2) is 9.44. The molecule has 2 aromatic carbocycles. The molecule has 0 aromatic heterocycles. The summed E-state index contributed by atoms with van der Waals surface area (Å²) in [5.41, 5.74) is 0.963. The SMILES string of the molecule is CC(NC(=O)CSCC(=O)Nc1ccccc1F)c1ccccc1Cl. The number of benzene rings is 2. The second-order valence-electron chi connectivity index (χ2n) is 5.33. The van der Waals surface area contributed by atoms with Gasteiger partial charge in [0.05, 0.1) is 23.2 Å². The molecule has 0 aliphatic heterocycles. The zero-order valence-electron chi connectivity index (χ0n) is 13.6. The summed E-state index contributed by atoms with van der Waals surface area (Å²) < 4.78 is 13.4. The van der Waals surface area contributed by atoms with Crippen LogP contribution in [0.1, 0.15) is 18.5 Å². The van der Waals surface area contributed by atoms with Crippen LogP contribution in [0.5, 0.6) is 0 Å². The van der Waals surface area contributed by atoms with Gasteiger partial charge >= 0.3 is 0 Å². The Morgan fingerprint density at radius 1 is 1.08 bits per heavy atom. The topological polar surface area (TPSA) is 58.2 Å². The molecule has 2 rings (SSSR count). The van der Waals surface area contributed by atoms with Crippen molar-refractivity contribution >= 4 is 40.9 Å². The van der Waals surface area contributed by atoms with E-state index in [1.54, 1.807) is 18.2 Å². The first-order valence-electron chi connectivity index (χ1n) is 7.63. The molecule has 0 radical (unpaired) electrons. The summed E-state index contributed by atoms with van der Waals surface area (Å²) in [6.07, 6.45) is 0. The van der Waals surface area contributed by atoms with Crippen LogP contribution in [0.3, 0.4) is 0 Å². The van der Waals surface area contributed by atoms with Gasteiger partial charge in [-0.15, -0.1) is 11.8 Å². The number of nitrogens with one attached hydrogen (secondary N) is 2. The van der Waals surface area contributed by atoms with Crippen molar-refractivity contribution in [2.24, 2.45) is 0 Å². The summed E-state index contributed by atoms with van der Waals surface area (Å²) in [6, 6.07) is 13.0. The Labute approximate surface area is 155 Å². The fourth-order valence-corrected chi connectivity index (χ4v) is 3.10. The van der Waals surface area contributed by atoms with Gasteiger partial charge in [0, 0.05) is 5.02 Å². The number of halogens is 2. The van der Waals surface area contributed by atoms with Gasteiger partial charge in [-0.05, 0) is 30.7 Å². The van der Waals surface area contributed by atoms with E-state index in [0.717, 1.165) is 17.3 Å². The first-order valence-corrected chi connectivity index (χ1v) is 9.16. The van der Waals surface area contributed by atoms with Crippen LogP contribution >= 0.6 is 23.4 Å². The summed E-state index contributed by atoms with van der Waals surface area (Å²) in [5.74, 6) is -0.868. The van der Waals surface area contributed by atoms with Crippen LogP contribution in [-0.2, 0) is 9.59 Å². The second-order valence-corrected chi connectivity index (χ2v) is 6.72. The number of rotatable bonds is 7. The number of anilines is 1. The predicted octanol–water partition coefficient (Wildman–Crippen LogP) is 4.03. The molecule has 0 fully saturated rings. The Hall–Kier alpha value is -2.05. The molecular weight excluding hydrogens is 363 g/mol. The van der Waals surface area contributed by atoms with Gasteiger partial charge in [-0.2, -0.15) is 0 Å².